The number of nitrogens with zero attached hydrogens (tertiary/aromatic N) is 3. The van der Waals surface area contributed by atoms with E-state index in [9.17, 15) is 0 Å². The number of halogens is 1. The first kappa shape index (κ1) is 21.2. The third kappa shape index (κ3) is 6.96. The van der Waals surface area contributed by atoms with Gasteiger partial charge in [-0.1, -0.05) is 0 Å². The molecule has 1 aliphatic heterocycles. The van der Waals surface area contributed by atoms with Gasteiger partial charge in [0.2, 0.25) is 5.89 Å². The van der Waals surface area contributed by atoms with Crippen LogP contribution in [0, 0.1) is 19.8 Å². The lowest BCUT2D eigenvalue weighted by Gasteiger charge is -2.30. The van der Waals surface area contributed by atoms with Gasteiger partial charge in [-0.05, 0) is 66.5 Å². The number of guanidine groups is 1. The number of rotatable bonds is 4. The molecule has 6 nitrogen and oxygen atoms in total. The van der Waals surface area contributed by atoms with Crippen LogP contribution in [0.5, 0.6) is 0 Å². The number of aromatic nitrogens is 1. The van der Waals surface area contributed by atoms with E-state index in [1.807, 2.05) is 13.8 Å². The topological polar surface area (TPSA) is 79.7 Å². The maximum Gasteiger partial charge on any atom is 0.208 e. The molecule has 1 aliphatic rings. The monoisotopic (exact) mass is 449 g/mol. The highest BCUT2D eigenvalue weighted by Gasteiger charge is 2.21. The van der Waals surface area contributed by atoms with Crippen LogP contribution in [0.15, 0.2) is 9.41 Å². The average molecular weight is 449 g/mol. The van der Waals surface area contributed by atoms with Crippen molar-refractivity contribution in [3.05, 3.63) is 17.3 Å². The number of aryl methyl sites for hydroxylation is 2. The number of piperidine rings is 1. The highest BCUT2D eigenvalue weighted by atomic mass is 127. The highest BCUT2D eigenvalue weighted by molar-refractivity contribution is 14.0. The summed E-state index contributed by atoms with van der Waals surface area (Å²) in [5.41, 5.74) is 6.88. The summed E-state index contributed by atoms with van der Waals surface area (Å²) < 4.78 is 5.67. The smallest absolute Gasteiger partial charge is 0.208 e. The zero-order valence-electron chi connectivity index (χ0n) is 15.6. The molecule has 0 atom stereocenters. The third-order valence-corrected chi connectivity index (χ3v) is 4.16. The molecule has 138 valence electrons. The Bertz CT molecular complexity index is 522. The lowest BCUT2D eigenvalue weighted by atomic mass is 9.97. The fourth-order valence-electron chi connectivity index (χ4n) is 2.78. The fraction of sp³-hybridized carbons (Fsp3) is 0.765. The quantitative estimate of drug-likeness (QED) is 0.420. The largest absolute Gasteiger partial charge is 0.444 e. The Morgan fingerprint density at radius 2 is 1.96 bits per heavy atom. The van der Waals surface area contributed by atoms with Gasteiger partial charge in [-0.15, -0.1) is 24.0 Å². The first-order valence-electron chi connectivity index (χ1n) is 8.46. The lowest BCUT2D eigenvalue weighted by molar-refractivity contribution is 0.166. The molecule has 1 fully saturated rings. The van der Waals surface area contributed by atoms with Crippen molar-refractivity contribution in [2.45, 2.75) is 59.5 Å². The Balaban J connectivity index is 0.00000288. The summed E-state index contributed by atoms with van der Waals surface area (Å²) in [5.74, 6) is 2.91. The van der Waals surface area contributed by atoms with Crippen LogP contribution in [-0.4, -0.2) is 41.0 Å². The molecule has 0 aromatic carbocycles. The molecule has 2 rings (SSSR count). The van der Waals surface area contributed by atoms with Gasteiger partial charge in [-0.3, -0.25) is 9.89 Å². The van der Waals surface area contributed by atoms with Crippen LogP contribution < -0.4 is 11.1 Å². The summed E-state index contributed by atoms with van der Waals surface area (Å²) in [4.78, 5) is 11.4. The zero-order valence-corrected chi connectivity index (χ0v) is 17.9. The summed E-state index contributed by atoms with van der Waals surface area (Å²) in [6.45, 7) is 13.9. The molecule has 7 heteroatoms. The van der Waals surface area contributed by atoms with Crippen molar-refractivity contribution in [2.24, 2.45) is 16.6 Å². The Morgan fingerprint density at radius 1 is 1.33 bits per heavy atom. The lowest BCUT2D eigenvalue weighted by Crippen LogP contribution is -2.45. The van der Waals surface area contributed by atoms with Crippen molar-refractivity contribution in [2.75, 3.05) is 19.6 Å². The van der Waals surface area contributed by atoms with E-state index < -0.39 is 0 Å². The van der Waals surface area contributed by atoms with E-state index in [0.717, 1.165) is 56.4 Å². The Hall–Kier alpha value is -0.830. The van der Waals surface area contributed by atoms with Gasteiger partial charge in [0, 0.05) is 12.1 Å². The normalized spacial score (nSPS) is 17.6. The van der Waals surface area contributed by atoms with Gasteiger partial charge in [0.1, 0.15) is 5.76 Å². The predicted octanol–water partition coefficient (Wildman–Crippen LogP) is 2.82. The molecule has 0 radical (unpaired) electrons. The number of likely N-dealkylation sites (tertiary alicyclic amines) is 1. The first-order chi connectivity index (χ1) is 10.7. The van der Waals surface area contributed by atoms with Gasteiger partial charge in [-0.2, -0.15) is 0 Å². The Labute approximate surface area is 162 Å². The van der Waals surface area contributed by atoms with Crippen molar-refractivity contribution in [3.8, 4) is 0 Å². The molecule has 2 heterocycles. The van der Waals surface area contributed by atoms with Crippen LogP contribution in [0.1, 0.15) is 51.0 Å². The number of hydrogen-bond donors (Lipinski definition) is 2. The van der Waals surface area contributed by atoms with Crippen LogP contribution in [0.3, 0.4) is 0 Å². The third-order valence-electron chi connectivity index (χ3n) is 4.16. The Morgan fingerprint density at radius 3 is 2.46 bits per heavy atom. The molecular formula is C17H32IN5O. The van der Waals surface area contributed by atoms with Gasteiger partial charge >= 0.3 is 0 Å². The van der Waals surface area contributed by atoms with E-state index in [4.69, 9.17) is 10.2 Å². The second-order valence-electron chi connectivity index (χ2n) is 7.57. The standard InChI is InChI=1S/C17H31N5O.HI/c1-12-13(2)23-15(20-12)11-22-8-6-14(7-9-22)10-19-16(18)21-17(3,4)5;/h14H,6-11H2,1-5H3,(H3,18,19,21);1H. The second-order valence-corrected chi connectivity index (χ2v) is 7.57. The molecule has 3 N–H and O–H groups in total. The molecule has 0 bridgehead atoms. The molecule has 0 saturated carbocycles. The molecule has 0 amide bonds. The minimum Gasteiger partial charge on any atom is -0.444 e. The van der Waals surface area contributed by atoms with Gasteiger partial charge in [0.25, 0.3) is 0 Å². The summed E-state index contributed by atoms with van der Waals surface area (Å²) in [6.07, 6.45) is 2.29. The Kier molecular flexibility index (Phi) is 7.98. The second kappa shape index (κ2) is 9.03. The van der Waals surface area contributed by atoms with Crippen LogP contribution in [0.2, 0.25) is 0 Å². The minimum absolute atomic E-state index is 0. The summed E-state index contributed by atoms with van der Waals surface area (Å²) in [5, 5.41) is 3.20. The van der Waals surface area contributed by atoms with E-state index >= 15 is 0 Å². The molecule has 0 spiro atoms. The van der Waals surface area contributed by atoms with E-state index in [0.29, 0.717) is 11.9 Å². The van der Waals surface area contributed by atoms with Gasteiger partial charge in [0.15, 0.2) is 5.96 Å². The number of hydrogen-bond acceptors (Lipinski definition) is 4. The van der Waals surface area contributed by atoms with Crippen LogP contribution >= 0.6 is 24.0 Å². The van der Waals surface area contributed by atoms with E-state index in [1.54, 1.807) is 0 Å². The van der Waals surface area contributed by atoms with E-state index in [2.05, 4.69) is 41.0 Å². The highest BCUT2D eigenvalue weighted by Crippen LogP contribution is 2.20. The fourth-order valence-corrected chi connectivity index (χ4v) is 2.78. The molecule has 1 saturated heterocycles. The SMILES string of the molecule is Cc1nc(CN2CCC(CN=C(N)NC(C)(C)C)CC2)oc1C.I. The average Bonchev–Trinajstić information content (AvgIpc) is 2.74. The molecule has 0 aliphatic carbocycles. The van der Waals surface area contributed by atoms with Crippen molar-refractivity contribution >= 4 is 29.9 Å². The summed E-state index contributed by atoms with van der Waals surface area (Å²) in [7, 11) is 0. The van der Waals surface area contributed by atoms with Crippen molar-refractivity contribution in [3.63, 3.8) is 0 Å². The summed E-state index contributed by atoms with van der Waals surface area (Å²) in [6, 6.07) is 0. The van der Waals surface area contributed by atoms with Gasteiger partial charge < -0.3 is 15.5 Å². The van der Waals surface area contributed by atoms with Crippen LogP contribution in [-0.2, 0) is 6.54 Å². The minimum atomic E-state index is -0.0384. The maximum absolute atomic E-state index is 5.93. The van der Waals surface area contributed by atoms with Gasteiger partial charge in [-0.25, -0.2) is 4.98 Å². The maximum atomic E-state index is 5.93. The van der Waals surface area contributed by atoms with E-state index in [-0.39, 0.29) is 29.5 Å². The molecular weight excluding hydrogens is 417 g/mol. The molecule has 1 aromatic heterocycles. The van der Waals surface area contributed by atoms with Crippen molar-refractivity contribution < 1.29 is 4.42 Å². The number of nitrogens with one attached hydrogen (secondary N) is 1. The number of oxazole rings is 1. The zero-order chi connectivity index (χ0) is 17.0. The summed E-state index contributed by atoms with van der Waals surface area (Å²) >= 11 is 0. The van der Waals surface area contributed by atoms with Crippen LogP contribution in [0.4, 0.5) is 0 Å². The van der Waals surface area contributed by atoms with Crippen molar-refractivity contribution in [1.82, 2.24) is 15.2 Å². The molecule has 0 unspecified atom stereocenters. The van der Waals surface area contributed by atoms with Crippen molar-refractivity contribution in [1.29, 1.82) is 0 Å². The van der Waals surface area contributed by atoms with Crippen LogP contribution in [0.25, 0.3) is 0 Å². The number of nitrogens with two attached hydrogens (primary N) is 1. The van der Waals surface area contributed by atoms with E-state index in [1.165, 1.54) is 0 Å². The molecule has 1 aromatic rings. The number of aliphatic imine (C=N–C) groups is 1. The molecule has 24 heavy (non-hydrogen) atoms. The predicted molar refractivity (Wildman–Crippen MR) is 109 cm³/mol. The first-order valence-corrected chi connectivity index (χ1v) is 8.46. The van der Waals surface area contributed by atoms with Gasteiger partial charge in [0.05, 0.1) is 12.2 Å².